The highest BCUT2D eigenvalue weighted by Gasteiger charge is 2.35. The molecular formula is C22H29NO. The average molecular weight is 323 g/mol. The van der Waals surface area contributed by atoms with Crippen LogP contribution in [0.3, 0.4) is 0 Å². The van der Waals surface area contributed by atoms with Crippen molar-refractivity contribution in [2.24, 2.45) is 0 Å². The van der Waals surface area contributed by atoms with Gasteiger partial charge in [0.15, 0.2) is 0 Å². The van der Waals surface area contributed by atoms with Crippen LogP contribution in [0.2, 0.25) is 0 Å². The Kier molecular flexibility index (Phi) is 5.98. The lowest BCUT2D eigenvalue weighted by molar-refractivity contribution is 0.0987. The Labute approximate surface area is 146 Å². The van der Waals surface area contributed by atoms with E-state index in [2.05, 4.69) is 39.2 Å². The van der Waals surface area contributed by atoms with Crippen molar-refractivity contribution in [1.29, 1.82) is 0 Å². The molecule has 0 bridgehead atoms. The number of nitrogens with zero attached hydrogens (tertiary/aromatic N) is 1. The van der Waals surface area contributed by atoms with Gasteiger partial charge in [0.2, 0.25) is 0 Å². The quantitative estimate of drug-likeness (QED) is 0.753. The van der Waals surface area contributed by atoms with Crippen LogP contribution in [-0.4, -0.2) is 28.6 Å². The first kappa shape index (κ1) is 18.4. The largest absolute Gasteiger partial charge is 0.376 e. The first-order valence-corrected chi connectivity index (χ1v) is 8.64. The fraction of sp³-hybridized carbons (Fsp3) is 0.364. The summed E-state index contributed by atoms with van der Waals surface area (Å²) < 4.78 is 0. The molecule has 0 spiro atoms. The maximum atomic E-state index is 11.7. The van der Waals surface area contributed by atoms with E-state index in [1.165, 1.54) is 0 Å². The summed E-state index contributed by atoms with van der Waals surface area (Å²) in [4.78, 5) is 2.35. The van der Waals surface area contributed by atoms with Crippen LogP contribution >= 0.6 is 0 Å². The molecule has 2 aromatic carbocycles. The van der Waals surface area contributed by atoms with Crippen LogP contribution in [0, 0.1) is 0 Å². The Balaban J connectivity index is 2.46. The van der Waals surface area contributed by atoms with Gasteiger partial charge < -0.3 is 5.11 Å². The minimum absolute atomic E-state index is 0.387. The van der Waals surface area contributed by atoms with Gasteiger partial charge in [-0.1, -0.05) is 67.2 Å². The van der Waals surface area contributed by atoms with E-state index >= 15 is 0 Å². The zero-order chi connectivity index (χ0) is 17.7. The van der Waals surface area contributed by atoms with Crippen LogP contribution in [0.4, 0.5) is 0 Å². The van der Waals surface area contributed by atoms with Gasteiger partial charge in [-0.15, -0.1) is 0 Å². The van der Waals surface area contributed by atoms with Gasteiger partial charge in [0, 0.05) is 18.6 Å². The van der Waals surface area contributed by atoms with E-state index in [9.17, 15) is 5.11 Å². The highest BCUT2D eigenvalue weighted by Crippen LogP contribution is 2.36. The van der Waals surface area contributed by atoms with Crippen molar-refractivity contribution in [3.05, 3.63) is 83.9 Å². The van der Waals surface area contributed by atoms with E-state index in [0.29, 0.717) is 18.6 Å². The van der Waals surface area contributed by atoms with Gasteiger partial charge in [-0.3, -0.25) is 4.90 Å². The fourth-order valence-electron chi connectivity index (χ4n) is 3.23. The third kappa shape index (κ3) is 3.77. The maximum absolute atomic E-state index is 11.7. The molecule has 0 heterocycles. The van der Waals surface area contributed by atoms with E-state index < -0.39 is 5.60 Å². The molecule has 0 saturated heterocycles. The lowest BCUT2D eigenvalue weighted by atomic mass is 9.80. The molecule has 128 valence electrons. The Morgan fingerprint density at radius 2 is 1.25 bits per heavy atom. The first-order valence-electron chi connectivity index (χ1n) is 8.64. The van der Waals surface area contributed by atoms with Crippen molar-refractivity contribution in [2.45, 2.75) is 45.4 Å². The third-order valence-corrected chi connectivity index (χ3v) is 4.59. The van der Waals surface area contributed by atoms with Crippen LogP contribution < -0.4 is 0 Å². The number of hydrogen-bond acceptors (Lipinski definition) is 2. The van der Waals surface area contributed by atoms with Gasteiger partial charge in [0.25, 0.3) is 0 Å². The fourth-order valence-corrected chi connectivity index (χ4v) is 3.23. The van der Waals surface area contributed by atoms with Crippen molar-refractivity contribution in [3.8, 4) is 0 Å². The molecular weight excluding hydrogens is 294 g/mol. The molecule has 0 saturated carbocycles. The molecule has 0 fully saturated rings. The Hall–Kier alpha value is -1.90. The van der Waals surface area contributed by atoms with Crippen molar-refractivity contribution < 1.29 is 5.11 Å². The molecule has 2 aromatic rings. The number of rotatable bonds is 7. The van der Waals surface area contributed by atoms with Crippen LogP contribution in [-0.2, 0) is 5.60 Å². The number of benzene rings is 2. The number of aliphatic hydroxyl groups is 1. The summed E-state index contributed by atoms with van der Waals surface area (Å²) in [5.74, 6) is 0. The molecule has 0 radical (unpaired) electrons. The standard InChI is InChI=1S/C22H29NO/c1-17(2)23(18(3)4)16-19(5)22(24,20-12-8-6-9-13-20)21-14-10-7-11-15-21/h6-15,17-18,24H,5,16H2,1-4H3. The summed E-state index contributed by atoms with van der Waals surface area (Å²) in [6.45, 7) is 13.7. The van der Waals surface area contributed by atoms with E-state index in [1.54, 1.807) is 0 Å². The zero-order valence-electron chi connectivity index (χ0n) is 15.2. The second-order valence-electron chi connectivity index (χ2n) is 6.91. The molecule has 24 heavy (non-hydrogen) atoms. The summed E-state index contributed by atoms with van der Waals surface area (Å²) in [7, 11) is 0. The second-order valence-corrected chi connectivity index (χ2v) is 6.91. The molecule has 0 aliphatic carbocycles. The first-order chi connectivity index (χ1) is 11.4. The molecule has 0 atom stereocenters. The highest BCUT2D eigenvalue weighted by atomic mass is 16.3. The lowest BCUT2D eigenvalue weighted by Crippen LogP contribution is -2.42. The topological polar surface area (TPSA) is 23.5 Å². The monoisotopic (exact) mass is 323 g/mol. The molecule has 0 aliphatic heterocycles. The van der Waals surface area contributed by atoms with Crippen molar-refractivity contribution in [3.63, 3.8) is 0 Å². The van der Waals surface area contributed by atoms with Gasteiger partial charge in [-0.25, -0.2) is 0 Å². The average Bonchev–Trinajstić information content (AvgIpc) is 2.59. The van der Waals surface area contributed by atoms with E-state index in [1.807, 2.05) is 60.7 Å². The second kappa shape index (κ2) is 7.78. The Morgan fingerprint density at radius 1 is 0.875 bits per heavy atom. The van der Waals surface area contributed by atoms with Crippen LogP contribution in [0.15, 0.2) is 72.8 Å². The van der Waals surface area contributed by atoms with Crippen LogP contribution in [0.1, 0.15) is 38.8 Å². The predicted molar refractivity (Wildman–Crippen MR) is 102 cm³/mol. The molecule has 0 aromatic heterocycles. The zero-order valence-corrected chi connectivity index (χ0v) is 15.2. The highest BCUT2D eigenvalue weighted by molar-refractivity contribution is 5.44. The summed E-state index contributed by atoms with van der Waals surface area (Å²) in [6.07, 6.45) is 0. The minimum atomic E-state index is -1.19. The van der Waals surface area contributed by atoms with Gasteiger partial charge >= 0.3 is 0 Å². The molecule has 2 nitrogen and oxygen atoms in total. The lowest BCUT2D eigenvalue weighted by Gasteiger charge is -2.37. The van der Waals surface area contributed by atoms with Gasteiger partial charge in [-0.2, -0.15) is 0 Å². The van der Waals surface area contributed by atoms with Crippen LogP contribution in [0.5, 0.6) is 0 Å². The van der Waals surface area contributed by atoms with Crippen molar-refractivity contribution in [1.82, 2.24) is 4.90 Å². The normalized spacial score (nSPS) is 12.2. The SMILES string of the molecule is C=C(CN(C(C)C)C(C)C)C(O)(c1ccccc1)c1ccccc1. The summed E-state index contributed by atoms with van der Waals surface area (Å²) in [6, 6.07) is 20.4. The molecule has 2 rings (SSSR count). The number of hydrogen-bond donors (Lipinski definition) is 1. The van der Waals surface area contributed by atoms with E-state index in [4.69, 9.17) is 0 Å². The maximum Gasteiger partial charge on any atom is 0.137 e. The molecule has 0 amide bonds. The minimum Gasteiger partial charge on any atom is -0.376 e. The molecule has 0 unspecified atom stereocenters. The van der Waals surface area contributed by atoms with Gasteiger partial charge in [0.05, 0.1) is 0 Å². The molecule has 1 N–H and O–H groups in total. The van der Waals surface area contributed by atoms with E-state index in [-0.39, 0.29) is 0 Å². The summed E-state index contributed by atoms with van der Waals surface area (Å²) >= 11 is 0. The Morgan fingerprint density at radius 3 is 1.58 bits per heavy atom. The summed E-state index contributed by atoms with van der Waals surface area (Å²) in [5, 5.41) is 11.7. The van der Waals surface area contributed by atoms with Crippen molar-refractivity contribution in [2.75, 3.05) is 6.54 Å². The molecule has 0 aliphatic rings. The predicted octanol–water partition coefficient (Wildman–Crippen LogP) is 4.60. The van der Waals surface area contributed by atoms with Gasteiger partial charge in [0.1, 0.15) is 5.60 Å². The summed E-state index contributed by atoms with van der Waals surface area (Å²) in [5.41, 5.74) is 1.31. The van der Waals surface area contributed by atoms with Crippen LogP contribution in [0.25, 0.3) is 0 Å². The third-order valence-electron chi connectivity index (χ3n) is 4.59. The van der Waals surface area contributed by atoms with Crippen molar-refractivity contribution >= 4 is 0 Å². The molecule has 2 heteroatoms. The van der Waals surface area contributed by atoms with E-state index in [0.717, 1.165) is 16.7 Å². The smallest absolute Gasteiger partial charge is 0.137 e. The van der Waals surface area contributed by atoms with Gasteiger partial charge in [-0.05, 0) is 44.4 Å². The Bertz CT molecular complexity index is 599.